The van der Waals surface area contributed by atoms with Gasteiger partial charge in [0, 0.05) is 22.4 Å². The molecule has 0 aliphatic heterocycles. The number of nitrogens with zero attached hydrogens (tertiary/aromatic N) is 1. The van der Waals surface area contributed by atoms with Crippen molar-refractivity contribution in [1.29, 1.82) is 0 Å². The molecule has 2 aromatic rings. The summed E-state index contributed by atoms with van der Waals surface area (Å²) in [5, 5.41) is 1.99. The lowest BCUT2D eigenvalue weighted by molar-refractivity contribution is 0.388. The summed E-state index contributed by atoms with van der Waals surface area (Å²) in [5.74, 6) is 0. The number of nitrogens with two attached hydrogens (primary N) is 1. The molecule has 2 N–H and O–H groups in total. The monoisotopic (exact) mass is 388 g/mol. The molecular formula is C14H17BrN2O2S2. The van der Waals surface area contributed by atoms with Crippen molar-refractivity contribution in [1.82, 2.24) is 4.31 Å². The fraction of sp³-hybridized carbons (Fsp3) is 0.286. The Bertz CT molecular complexity index is 715. The van der Waals surface area contributed by atoms with Crippen molar-refractivity contribution in [3.05, 3.63) is 45.1 Å². The number of benzene rings is 1. The van der Waals surface area contributed by atoms with Crippen LogP contribution in [0.25, 0.3) is 0 Å². The minimum absolute atomic E-state index is 0.136. The molecule has 21 heavy (non-hydrogen) atoms. The van der Waals surface area contributed by atoms with Crippen molar-refractivity contribution < 1.29 is 8.42 Å². The van der Waals surface area contributed by atoms with E-state index in [-0.39, 0.29) is 16.6 Å². The van der Waals surface area contributed by atoms with Gasteiger partial charge in [-0.1, -0.05) is 22.0 Å². The van der Waals surface area contributed by atoms with E-state index in [0.29, 0.717) is 10.9 Å². The number of nitrogen functional groups attached to an aromatic ring is 1. The number of rotatable bonds is 5. The summed E-state index contributed by atoms with van der Waals surface area (Å²) in [6, 6.07) is 8.69. The maximum absolute atomic E-state index is 12.7. The number of sulfonamides is 1. The molecule has 0 saturated carbocycles. The van der Waals surface area contributed by atoms with Crippen molar-refractivity contribution in [2.75, 3.05) is 12.8 Å². The van der Waals surface area contributed by atoms with Crippen molar-refractivity contribution in [3.8, 4) is 0 Å². The van der Waals surface area contributed by atoms with Gasteiger partial charge in [0.15, 0.2) is 0 Å². The van der Waals surface area contributed by atoms with E-state index in [2.05, 4.69) is 15.9 Å². The maximum Gasteiger partial charge on any atom is 0.245 e. The highest BCUT2D eigenvalue weighted by Crippen LogP contribution is 2.27. The smallest absolute Gasteiger partial charge is 0.245 e. The first-order chi connectivity index (χ1) is 9.82. The second-order valence-electron chi connectivity index (χ2n) is 4.84. The van der Waals surface area contributed by atoms with E-state index < -0.39 is 10.0 Å². The van der Waals surface area contributed by atoms with E-state index in [1.807, 2.05) is 24.4 Å². The summed E-state index contributed by atoms with van der Waals surface area (Å²) in [4.78, 5) is 1.30. The molecule has 0 amide bonds. The molecule has 1 unspecified atom stereocenters. The van der Waals surface area contributed by atoms with Gasteiger partial charge in [0.05, 0.1) is 5.69 Å². The number of likely N-dealkylation sites (N-methyl/N-ethyl adjacent to an activating group) is 1. The summed E-state index contributed by atoms with van der Waals surface area (Å²) >= 11 is 4.91. The normalized spacial score (nSPS) is 13.5. The van der Waals surface area contributed by atoms with Gasteiger partial charge in [-0.3, -0.25) is 0 Å². The van der Waals surface area contributed by atoms with Gasteiger partial charge >= 0.3 is 0 Å². The quantitative estimate of drug-likeness (QED) is 0.798. The Kier molecular flexibility index (Phi) is 5.08. The van der Waals surface area contributed by atoms with E-state index in [9.17, 15) is 8.42 Å². The van der Waals surface area contributed by atoms with Gasteiger partial charge in [0.25, 0.3) is 0 Å². The molecule has 1 aromatic heterocycles. The highest BCUT2D eigenvalue weighted by molar-refractivity contribution is 9.10. The molecule has 2 rings (SSSR count). The molecule has 1 aromatic carbocycles. The highest BCUT2D eigenvalue weighted by Gasteiger charge is 2.27. The van der Waals surface area contributed by atoms with Gasteiger partial charge in [0.1, 0.15) is 4.90 Å². The number of thiophene rings is 1. The molecule has 0 spiro atoms. The zero-order chi connectivity index (χ0) is 15.6. The molecule has 4 nitrogen and oxygen atoms in total. The van der Waals surface area contributed by atoms with E-state index >= 15 is 0 Å². The lowest BCUT2D eigenvalue weighted by atomic mass is 10.2. The summed E-state index contributed by atoms with van der Waals surface area (Å²) < 4.78 is 27.5. The molecule has 0 radical (unpaired) electrons. The Morgan fingerprint density at radius 1 is 1.38 bits per heavy atom. The van der Waals surface area contributed by atoms with Crippen LogP contribution in [0.15, 0.2) is 45.1 Å². The Morgan fingerprint density at radius 2 is 2.10 bits per heavy atom. The predicted molar refractivity (Wildman–Crippen MR) is 91.0 cm³/mol. The standard InChI is InChI=1S/C14H17BrN2O2S2/c1-10(8-12-4-3-7-20-12)17(2)21(18,19)14-9-11(15)5-6-13(14)16/h3-7,9-10H,8,16H2,1-2H3. The van der Waals surface area contributed by atoms with Crippen LogP contribution in [0, 0.1) is 0 Å². The predicted octanol–water partition coefficient (Wildman–Crippen LogP) is 3.34. The first-order valence-corrected chi connectivity index (χ1v) is 9.49. The molecule has 0 aliphatic carbocycles. The lowest BCUT2D eigenvalue weighted by Crippen LogP contribution is -2.36. The average Bonchev–Trinajstić information content (AvgIpc) is 2.93. The number of halogens is 1. The van der Waals surface area contributed by atoms with Crippen molar-refractivity contribution in [3.63, 3.8) is 0 Å². The Hall–Kier alpha value is -0.890. The zero-order valence-electron chi connectivity index (χ0n) is 11.8. The summed E-state index contributed by atoms with van der Waals surface area (Å²) in [6.07, 6.45) is 0.682. The van der Waals surface area contributed by atoms with Gasteiger partial charge in [-0.2, -0.15) is 4.31 Å². The Morgan fingerprint density at radius 3 is 2.71 bits per heavy atom. The van der Waals surface area contributed by atoms with Crippen molar-refractivity contribution >= 4 is 43.0 Å². The van der Waals surface area contributed by atoms with Crippen LogP contribution in [0.3, 0.4) is 0 Å². The third-order valence-corrected chi connectivity index (χ3v) is 6.75. The molecule has 0 saturated heterocycles. The average molecular weight is 389 g/mol. The molecule has 114 valence electrons. The first kappa shape index (κ1) is 16.5. The molecule has 1 atom stereocenters. The second kappa shape index (κ2) is 6.48. The fourth-order valence-corrected chi connectivity index (χ4v) is 4.81. The van der Waals surface area contributed by atoms with Crippen molar-refractivity contribution in [2.45, 2.75) is 24.3 Å². The first-order valence-electron chi connectivity index (χ1n) is 6.38. The Labute approximate surface area is 137 Å². The van der Waals surface area contributed by atoms with E-state index in [0.717, 1.165) is 4.88 Å². The van der Waals surface area contributed by atoms with Crippen LogP contribution in [-0.4, -0.2) is 25.8 Å². The molecule has 0 fully saturated rings. The minimum atomic E-state index is -3.61. The lowest BCUT2D eigenvalue weighted by Gasteiger charge is -2.24. The summed E-state index contributed by atoms with van der Waals surface area (Å²) in [5.41, 5.74) is 6.08. The van der Waals surface area contributed by atoms with E-state index in [1.165, 1.54) is 4.31 Å². The number of hydrogen-bond donors (Lipinski definition) is 1. The number of anilines is 1. The maximum atomic E-state index is 12.7. The molecule has 1 heterocycles. The van der Waals surface area contributed by atoms with Crippen LogP contribution in [0.1, 0.15) is 11.8 Å². The van der Waals surface area contributed by atoms with E-state index in [1.54, 1.807) is 36.6 Å². The third kappa shape index (κ3) is 3.66. The zero-order valence-corrected chi connectivity index (χ0v) is 15.0. The van der Waals surface area contributed by atoms with E-state index in [4.69, 9.17) is 5.73 Å². The topological polar surface area (TPSA) is 63.4 Å². The van der Waals surface area contributed by atoms with Crippen molar-refractivity contribution in [2.24, 2.45) is 0 Å². The molecule has 0 bridgehead atoms. The number of hydrogen-bond acceptors (Lipinski definition) is 4. The molecule has 0 aliphatic rings. The highest BCUT2D eigenvalue weighted by atomic mass is 79.9. The van der Waals surface area contributed by atoms with Crippen LogP contribution in [0.2, 0.25) is 0 Å². The fourth-order valence-electron chi connectivity index (χ4n) is 1.97. The van der Waals surface area contributed by atoms with Crippen LogP contribution < -0.4 is 5.73 Å². The summed E-state index contributed by atoms with van der Waals surface area (Å²) in [7, 11) is -2.02. The SMILES string of the molecule is CC(Cc1cccs1)N(C)S(=O)(=O)c1cc(Br)ccc1N. The third-order valence-electron chi connectivity index (χ3n) is 3.33. The molecule has 7 heteroatoms. The molecular weight excluding hydrogens is 372 g/mol. The van der Waals surface area contributed by atoms with Crippen LogP contribution in [0.5, 0.6) is 0 Å². The van der Waals surface area contributed by atoms with Gasteiger partial charge < -0.3 is 5.73 Å². The second-order valence-corrected chi connectivity index (χ2v) is 8.75. The minimum Gasteiger partial charge on any atom is -0.398 e. The van der Waals surface area contributed by atoms with Crippen LogP contribution in [-0.2, 0) is 16.4 Å². The Balaban J connectivity index is 2.27. The van der Waals surface area contributed by atoms with Crippen LogP contribution in [0.4, 0.5) is 5.69 Å². The van der Waals surface area contributed by atoms with Gasteiger partial charge in [-0.25, -0.2) is 8.42 Å². The van der Waals surface area contributed by atoms with Gasteiger partial charge in [-0.15, -0.1) is 11.3 Å². The summed E-state index contributed by atoms with van der Waals surface area (Å²) in [6.45, 7) is 1.89. The van der Waals surface area contributed by atoms with Gasteiger partial charge in [0.2, 0.25) is 10.0 Å². The largest absolute Gasteiger partial charge is 0.398 e. The van der Waals surface area contributed by atoms with Gasteiger partial charge in [-0.05, 0) is 43.0 Å². The van der Waals surface area contributed by atoms with Crippen LogP contribution >= 0.6 is 27.3 Å².